The standard InChI is InChI=1S/C14H22N4/c1-8(2)12-14-17-16-13(18(14)4-3-15-12)11-6-9-5-10(9)7-11/h8-12,15H,3-7H2,1-2H3. The summed E-state index contributed by atoms with van der Waals surface area (Å²) in [5.41, 5.74) is 0. The molecule has 1 N–H and O–H groups in total. The fourth-order valence-corrected chi connectivity index (χ4v) is 3.97. The fraction of sp³-hybridized carbons (Fsp3) is 0.857. The van der Waals surface area contributed by atoms with E-state index >= 15 is 0 Å². The SMILES string of the molecule is CC(C)C1NCCn2c(C3CC4CC4C3)nnc21. The summed E-state index contributed by atoms with van der Waals surface area (Å²) >= 11 is 0. The van der Waals surface area contributed by atoms with Gasteiger partial charge in [-0.15, -0.1) is 10.2 Å². The van der Waals surface area contributed by atoms with Crippen molar-refractivity contribution in [1.82, 2.24) is 20.1 Å². The number of hydrogen-bond acceptors (Lipinski definition) is 3. The molecule has 2 saturated carbocycles. The van der Waals surface area contributed by atoms with Crippen molar-refractivity contribution in [3.8, 4) is 0 Å². The number of nitrogens with zero attached hydrogens (tertiary/aromatic N) is 3. The van der Waals surface area contributed by atoms with Crippen molar-refractivity contribution in [2.75, 3.05) is 6.54 Å². The lowest BCUT2D eigenvalue weighted by molar-refractivity contribution is 0.332. The van der Waals surface area contributed by atoms with Crippen molar-refractivity contribution in [1.29, 1.82) is 0 Å². The van der Waals surface area contributed by atoms with Gasteiger partial charge in [0, 0.05) is 19.0 Å². The van der Waals surface area contributed by atoms with E-state index in [9.17, 15) is 0 Å². The predicted octanol–water partition coefficient (Wildman–Crippen LogP) is 2.09. The van der Waals surface area contributed by atoms with Crippen molar-refractivity contribution in [2.45, 2.75) is 51.6 Å². The van der Waals surface area contributed by atoms with Crippen LogP contribution in [0.2, 0.25) is 0 Å². The Kier molecular flexibility index (Phi) is 2.31. The third-order valence-electron chi connectivity index (χ3n) is 5.06. The van der Waals surface area contributed by atoms with Gasteiger partial charge in [0.1, 0.15) is 5.82 Å². The zero-order valence-electron chi connectivity index (χ0n) is 11.3. The highest BCUT2D eigenvalue weighted by molar-refractivity contribution is 5.13. The lowest BCUT2D eigenvalue weighted by Crippen LogP contribution is -2.37. The number of hydrogen-bond donors (Lipinski definition) is 1. The Hall–Kier alpha value is -0.900. The molecule has 0 amide bonds. The number of aromatic nitrogens is 3. The minimum Gasteiger partial charge on any atom is -0.312 e. The molecule has 4 rings (SSSR count). The molecule has 2 aliphatic carbocycles. The molecule has 3 unspecified atom stereocenters. The van der Waals surface area contributed by atoms with E-state index in [2.05, 4.69) is 33.9 Å². The molecular formula is C14H22N4. The Morgan fingerprint density at radius 1 is 1.11 bits per heavy atom. The summed E-state index contributed by atoms with van der Waals surface area (Å²) in [6.45, 7) is 6.62. The molecule has 0 saturated heterocycles. The first-order chi connectivity index (χ1) is 8.74. The largest absolute Gasteiger partial charge is 0.312 e. The average Bonchev–Trinajstić information content (AvgIpc) is 2.81. The minimum absolute atomic E-state index is 0.385. The third kappa shape index (κ3) is 1.54. The van der Waals surface area contributed by atoms with Gasteiger partial charge in [0.05, 0.1) is 6.04 Å². The second kappa shape index (κ2) is 3.80. The van der Waals surface area contributed by atoms with Crippen LogP contribution in [0.4, 0.5) is 0 Å². The Labute approximate surface area is 108 Å². The number of rotatable bonds is 2. The van der Waals surface area contributed by atoms with E-state index in [4.69, 9.17) is 0 Å². The Morgan fingerprint density at radius 2 is 1.83 bits per heavy atom. The summed E-state index contributed by atoms with van der Waals surface area (Å²) in [6, 6.07) is 0.385. The summed E-state index contributed by atoms with van der Waals surface area (Å²) < 4.78 is 2.41. The highest BCUT2D eigenvalue weighted by Gasteiger charge is 2.48. The second-order valence-electron chi connectivity index (χ2n) is 6.67. The molecule has 0 radical (unpaired) electrons. The smallest absolute Gasteiger partial charge is 0.150 e. The summed E-state index contributed by atoms with van der Waals surface area (Å²) in [6.07, 6.45) is 4.21. The molecule has 1 aliphatic heterocycles. The highest BCUT2D eigenvalue weighted by atomic mass is 15.3. The van der Waals surface area contributed by atoms with Gasteiger partial charge in [0.15, 0.2) is 5.82 Å². The van der Waals surface area contributed by atoms with Crippen LogP contribution in [-0.2, 0) is 6.54 Å². The molecule has 1 aromatic heterocycles. The predicted molar refractivity (Wildman–Crippen MR) is 69.2 cm³/mol. The van der Waals surface area contributed by atoms with Gasteiger partial charge in [-0.3, -0.25) is 0 Å². The van der Waals surface area contributed by atoms with E-state index < -0.39 is 0 Å². The first-order valence-corrected chi connectivity index (χ1v) is 7.40. The van der Waals surface area contributed by atoms with E-state index in [1.807, 2.05) is 0 Å². The van der Waals surface area contributed by atoms with Gasteiger partial charge in [-0.2, -0.15) is 0 Å². The normalized spacial score (nSPS) is 37.7. The molecule has 4 heteroatoms. The van der Waals surface area contributed by atoms with E-state index in [1.165, 1.54) is 30.9 Å². The molecule has 0 bridgehead atoms. The maximum Gasteiger partial charge on any atom is 0.150 e. The van der Waals surface area contributed by atoms with Crippen molar-refractivity contribution < 1.29 is 0 Å². The van der Waals surface area contributed by atoms with Crippen LogP contribution < -0.4 is 5.32 Å². The van der Waals surface area contributed by atoms with Crippen LogP contribution in [0.15, 0.2) is 0 Å². The summed E-state index contributed by atoms with van der Waals surface area (Å²) in [5.74, 6) is 5.77. The number of nitrogens with one attached hydrogen (secondary N) is 1. The molecule has 0 spiro atoms. The molecular weight excluding hydrogens is 224 g/mol. The molecule has 1 aromatic rings. The number of fused-ring (bicyclic) bond motifs is 2. The van der Waals surface area contributed by atoms with E-state index in [1.54, 1.807) is 0 Å². The topological polar surface area (TPSA) is 42.7 Å². The second-order valence-corrected chi connectivity index (χ2v) is 6.67. The maximum atomic E-state index is 4.54. The monoisotopic (exact) mass is 246 g/mol. The van der Waals surface area contributed by atoms with E-state index in [0.29, 0.717) is 17.9 Å². The summed E-state index contributed by atoms with van der Waals surface area (Å²) in [5, 5.41) is 12.6. The Bertz CT molecular complexity index is 454. The van der Waals surface area contributed by atoms with Gasteiger partial charge >= 0.3 is 0 Å². The van der Waals surface area contributed by atoms with Crippen molar-refractivity contribution in [3.05, 3.63) is 11.6 Å². The first-order valence-electron chi connectivity index (χ1n) is 7.40. The van der Waals surface area contributed by atoms with Crippen molar-refractivity contribution in [2.24, 2.45) is 17.8 Å². The zero-order chi connectivity index (χ0) is 12.3. The maximum absolute atomic E-state index is 4.54. The Morgan fingerprint density at radius 3 is 2.56 bits per heavy atom. The molecule has 3 aliphatic rings. The molecule has 98 valence electrons. The first kappa shape index (κ1) is 11.0. The molecule has 3 atom stereocenters. The minimum atomic E-state index is 0.385. The zero-order valence-corrected chi connectivity index (χ0v) is 11.3. The van der Waals surface area contributed by atoms with Gasteiger partial charge in [-0.25, -0.2) is 0 Å². The van der Waals surface area contributed by atoms with Gasteiger partial charge in [-0.05, 0) is 37.0 Å². The van der Waals surface area contributed by atoms with Gasteiger partial charge in [0.25, 0.3) is 0 Å². The molecule has 2 fully saturated rings. The summed E-state index contributed by atoms with van der Waals surface area (Å²) in [4.78, 5) is 0. The fourth-order valence-electron chi connectivity index (χ4n) is 3.97. The van der Waals surface area contributed by atoms with Crippen LogP contribution in [0, 0.1) is 17.8 Å². The van der Waals surface area contributed by atoms with Crippen LogP contribution in [0.3, 0.4) is 0 Å². The lowest BCUT2D eigenvalue weighted by atomic mass is 10.00. The lowest BCUT2D eigenvalue weighted by Gasteiger charge is -2.28. The van der Waals surface area contributed by atoms with Crippen LogP contribution in [0.25, 0.3) is 0 Å². The van der Waals surface area contributed by atoms with E-state index in [-0.39, 0.29) is 0 Å². The van der Waals surface area contributed by atoms with Gasteiger partial charge in [-0.1, -0.05) is 13.8 Å². The highest BCUT2D eigenvalue weighted by Crippen LogP contribution is 2.57. The van der Waals surface area contributed by atoms with Crippen LogP contribution in [0.1, 0.15) is 56.7 Å². The quantitative estimate of drug-likeness (QED) is 0.869. The third-order valence-corrected chi connectivity index (χ3v) is 5.06. The molecule has 18 heavy (non-hydrogen) atoms. The van der Waals surface area contributed by atoms with Crippen LogP contribution in [-0.4, -0.2) is 21.3 Å². The van der Waals surface area contributed by atoms with E-state index in [0.717, 1.165) is 24.9 Å². The molecule has 0 aromatic carbocycles. The van der Waals surface area contributed by atoms with Crippen LogP contribution >= 0.6 is 0 Å². The molecule has 2 heterocycles. The van der Waals surface area contributed by atoms with Crippen molar-refractivity contribution in [3.63, 3.8) is 0 Å². The van der Waals surface area contributed by atoms with Gasteiger partial charge in [0.2, 0.25) is 0 Å². The van der Waals surface area contributed by atoms with Crippen LogP contribution in [0.5, 0.6) is 0 Å². The average molecular weight is 246 g/mol. The summed E-state index contributed by atoms with van der Waals surface area (Å²) in [7, 11) is 0. The Balaban J connectivity index is 1.65. The van der Waals surface area contributed by atoms with Crippen molar-refractivity contribution >= 4 is 0 Å². The molecule has 4 nitrogen and oxygen atoms in total. The van der Waals surface area contributed by atoms with Gasteiger partial charge < -0.3 is 9.88 Å².